The molecule has 33 heavy (non-hydrogen) atoms. The van der Waals surface area contributed by atoms with Gasteiger partial charge in [0.25, 0.3) is 0 Å². The average Bonchev–Trinajstić information content (AvgIpc) is 2.90. The Labute approximate surface area is 194 Å². The Hall–Kier alpha value is -3.61. The molecule has 0 aliphatic carbocycles. The molecule has 5 rings (SSSR count). The van der Waals surface area contributed by atoms with Crippen molar-refractivity contribution in [3.05, 3.63) is 84.8 Å². The Morgan fingerprint density at radius 2 is 1.64 bits per heavy atom. The topological polar surface area (TPSA) is 66.0 Å². The van der Waals surface area contributed by atoms with Crippen molar-refractivity contribution in [3.8, 4) is 33.6 Å². The van der Waals surface area contributed by atoms with E-state index in [-0.39, 0.29) is 0 Å². The predicted molar refractivity (Wildman–Crippen MR) is 134 cm³/mol. The van der Waals surface area contributed by atoms with E-state index in [0.717, 1.165) is 66.6 Å². The molecule has 0 bridgehead atoms. The second kappa shape index (κ2) is 9.90. The molecule has 1 aliphatic heterocycles. The number of pyridine rings is 3. The van der Waals surface area contributed by atoms with E-state index in [2.05, 4.69) is 66.9 Å². The van der Waals surface area contributed by atoms with Crippen LogP contribution in [-0.4, -0.2) is 53.1 Å². The zero-order valence-corrected chi connectivity index (χ0v) is 18.8. The van der Waals surface area contributed by atoms with Crippen LogP contribution in [0.2, 0.25) is 0 Å². The number of hydrogen-bond donors (Lipinski definition) is 2. The van der Waals surface area contributed by atoms with Crippen LogP contribution in [0.3, 0.4) is 0 Å². The van der Waals surface area contributed by atoms with Crippen LogP contribution in [0, 0.1) is 0 Å². The van der Waals surface area contributed by atoms with Gasteiger partial charge < -0.3 is 10.6 Å². The summed E-state index contributed by atoms with van der Waals surface area (Å²) in [5.41, 5.74) is 7.40. The van der Waals surface area contributed by atoms with E-state index in [0.29, 0.717) is 0 Å². The predicted octanol–water partition coefficient (Wildman–Crippen LogP) is 4.32. The Morgan fingerprint density at radius 1 is 0.848 bits per heavy atom. The maximum atomic E-state index is 4.68. The van der Waals surface area contributed by atoms with Gasteiger partial charge in [-0.1, -0.05) is 30.3 Å². The van der Waals surface area contributed by atoms with Crippen LogP contribution >= 0.6 is 0 Å². The molecule has 0 atom stereocenters. The first-order valence-corrected chi connectivity index (χ1v) is 11.4. The Bertz CT molecular complexity index is 1200. The van der Waals surface area contributed by atoms with Crippen LogP contribution in [0.15, 0.2) is 79.3 Å². The van der Waals surface area contributed by atoms with E-state index in [1.54, 1.807) is 6.20 Å². The molecule has 1 aromatic carbocycles. The number of piperazine rings is 1. The van der Waals surface area contributed by atoms with E-state index >= 15 is 0 Å². The third-order valence-electron chi connectivity index (χ3n) is 5.98. The lowest BCUT2D eigenvalue weighted by atomic mass is 10.0. The van der Waals surface area contributed by atoms with Crippen molar-refractivity contribution in [2.24, 2.45) is 0 Å². The Balaban J connectivity index is 1.41. The van der Waals surface area contributed by atoms with Gasteiger partial charge >= 0.3 is 0 Å². The van der Waals surface area contributed by atoms with Crippen molar-refractivity contribution in [1.29, 1.82) is 0 Å². The molecule has 6 nitrogen and oxygen atoms in total. The molecule has 0 saturated carbocycles. The largest absolute Gasteiger partial charge is 0.373 e. The third kappa shape index (κ3) is 5.08. The van der Waals surface area contributed by atoms with E-state index in [4.69, 9.17) is 0 Å². The molecular formula is C27H28N6. The van der Waals surface area contributed by atoms with Gasteiger partial charge in [0, 0.05) is 69.5 Å². The van der Waals surface area contributed by atoms with Gasteiger partial charge in [0.15, 0.2) is 0 Å². The van der Waals surface area contributed by atoms with Gasteiger partial charge in [-0.3, -0.25) is 14.9 Å². The lowest BCUT2D eigenvalue weighted by Gasteiger charge is -2.27. The van der Waals surface area contributed by atoms with Gasteiger partial charge in [-0.25, -0.2) is 4.98 Å². The van der Waals surface area contributed by atoms with Crippen molar-refractivity contribution in [1.82, 2.24) is 25.2 Å². The number of rotatable bonds is 6. The molecule has 4 heterocycles. The van der Waals surface area contributed by atoms with Gasteiger partial charge in [0.1, 0.15) is 5.82 Å². The summed E-state index contributed by atoms with van der Waals surface area (Å²) in [5.74, 6) is 0.802. The summed E-state index contributed by atoms with van der Waals surface area (Å²) in [6.45, 7) is 5.36. The highest BCUT2D eigenvalue weighted by atomic mass is 15.2. The molecule has 166 valence electrons. The molecule has 4 aromatic rings. The average molecular weight is 437 g/mol. The summed E-state index contributed by atoms with van der Waals surface area (Å²) in [6.07, 6.45) is 5.62. The lowest BCUT2D eigenvalue weighted by molar-refractivity contribution is 0.233. The maximum absolute atomic E-state index is 4.68. The molecule has 0 amide bonds. The standard InChI is InChI=1S/C27H28N6/c1-28-27-16-22(15-26(32-27)25-4-2-3-9-31-25)24-14-23(17-30-18-24)21-7-5-20(6-8-21)19-33-12-10-29-11-13-33/h2-9,14-18,29H,10-13,19H2,1H3,(H,28,32). The first-order valence-electron chi connectivity index (χ1n) is 11.4. The Morgan fingerprint density at radius 3 is 2.36 bits per heavy atom. The fourth-order valence-corrected chi connectivity index (χ4v) is 4.16. The summed E-state index contributed by atoms with van der Waals surface area (Å²) in [4.78, 5) is 16.2. The minimum Gasteiger partial charge on any atom is -0.373 e. The number of benzene rings is 1. The van der Waals surface area contributed by atoms with Crippen molar-refractivity contribution >= 4 is 5.82 Å². The van der Waals surface area contributed by atoms with E-state index in [1.807, 2.05) is 43.7 Å². The van der Waals surface area contributed by atoms with Crippen molar-refractivity contribution in [2.45, 2.75) is 6.54 Å². The highest BCUT2D eigenvalue weighted by molar-refractivity contribution is 5.76. The van der Waals surface area contributed by atoms with Crippen LogP contribution in [0.25, 0.3) is 33.6 Å². The van der Waals surface area contributed by atoms with Crippen LogP contribution in [0.5, 0.6) is 0 Å². The second-order valence-electron chi connectivity index (χ2n) is 8.28. The summed E-state index contributed by atoms with van der Waals surface area (Å²) in [6, 6.07) is 21.0. The van der Waals surface area contributed by atoms with Crippen LogP contribution < -0.4 is 10.6 Å². The minimum atomic E-state index is 0.802. The minimum absolute atomic E-state index is 0.802. The van der Waals surface area contributed by atoms with Gasteiger partial charge in [-0.05, 0) is 47.0 Å². The second-order valence-corrected chi connectivity index (χ2v) is 8.28. The molecule has 0 spiro atoms. The number of nitrogens with zero attached hydrogens (tertiary/aromatic N) is 4. The molecule has 2 N–H and O–H groups in total. The zero-order valence-electron chi connectivity index (χ0n) is 18.8. The highest BCUT2D eigenvalue weighted by Crippen LogP contribution is 2.29. The summed E-state index contributed by atoms with van der Waals surface area (Å²) in [5, 5.41) is 6.58. The SMILES string of the molecule is CNc1cc(-c2cncc(-c3ccc(CN4CCNCC4)cc3)c2)cc(-c2ccccn2)n1. The number of nitrogens with one attached hydrogen (secondary N) is 2. The highest BCUT2D eigenvalue weighted by Gasteiger charge is 2.11. The number of anilines is 1. The Kier molecular flexibility index (Phi) is 6.37. The molecule has 6 heteroatoms. The van der Waals surface area contributed by atoms with Gasteiger partial charge in [-0.2, -0.15) is 0 Å². The molecule has 3 aromatic heterocycles. The van der Waals surface area contributed by atoms with Crippen LogP contribution in [0.1, 0.15) is 5.56 Å². The molecule has 1 fully saturated rings. The van der Waals surface area contributed by atoms with Crippen molar-refractivity contribution < 1.29 is 0 Å². The molecule has 1 saturated heterocycles. The number of aromatic nitrogens is 3. The monoisotopic (exact) mass is 436 g/mol. The van der Waals surface area contributed by atoms with Gasteiger partial charge in [-0.15, -0.1) is 0 Å². The first-order chi connectivity index (χ1) is 16.3. The fourth-order valence-electron chi connectivity index (χ4n) is 4.16. The lowest BCUT2D eigenvalue weighted by Crippen LogP contribution is -2.42. The van der Waals surface area contributed by atoms with E-state index in [9.17, 15) is 0 Å². The van der Waals surface area contributed by atoms with Crippen molar-refractivity contribution in [2.75, 3.05) is 38.5 Å². The quantitative estimate of drug-likeness (QED) is 0.469. The molecule has 1 aliphatic rings. The summed E-state index contributed by atoms with van der Waals surface area (Å²) in [7, 11) is 1.88. The summed E-state index contributed by atoms with van der Waals surface area (Å²) >= 11 is 0. The van der Waals surface area contributed by atoms with Gasteiger partial charge in [0.05, 0.1) is 11.4 Å². The smallest absolute Gasteiger partial charge is 0.127 e. The van der Waals surface area contributed by atoms with Crippen molar-refractivity contribution in [3.63, 3.8) is 0 Å². The fraction of sp³-hybridized carbons (Fsp3) is 0.222. The summed E-state index contributed by atoms with van der Waals surface area (Å²) < 4.78 is 0. The van der Waals surface area contributed by atoms with Gasteiger partial charge in [0.2, 0.25) is 0 Å². The third-order valence-corrected chi connectivity index (χ3v) is 5.98. The molecule has 0 unspecified atom stereocenters. The van der Waals surface area contributed by atoms with E-state index in [1.165, 1.54) is 11.1 Å². The first kappa shape index (κ1) is 21.2. The van der Waals surface area contributed by atoms with Crippen LogP contribution in [-0.2, 0) is 6.54 Å². The van der Waals surface area contributed by atoms with Crippen LogP contribution in [0.4, 0.5) is 5.82 Å². The number of hydrogen-bond acceptors (Lipinski definition) is 6. The molecular weight excluding hydrogens is 408 g/mol. The zero-order chi connectivity index (χ0) is 22.5. The normalized spacial score (nSPS) is 14.2. The molecule has 0 radical (unpaired) electrons. The van der Waals surface area contributed by atoms with E-state index < -0.39 is 0 Å². The maximum Gasteiger partial charge on any atom is 0.127 e.